The Morgan fingerprint density at radius 2 is 1.78 bits per heavy atom. The summed E-state index contributed by atoms with van der Waals surface area (Å²) >= 11 is 0. The van der Waals surface area contributed by atoms with Crippen LogP contribution in [0.15, 0.2) is 42.5 Å². The molecule has 0 aliphatic carbocycles. The smallest absolute Gasteiger partial charge is 0.338 e. The van der Waals surface area contributed by atoms with E-state index in [9.17, 15) is 9.59 Å². The van der Waals surface area contributed by atoms with Crippen LogP contribution in [0, 0.1) is 0 Å². The molecule has 1 atom stereocenters. The van der Waals surface area contributed by atoms with Crippen LogP contribution in [0.25, 0.3) is 10.8 Å². The van der Waals surface area contributed by atoms with E-state index in [4.69, 9.17) is 10.5 Å². The van der Waals surface area contributed by atoms with Crippen molar-refractivity contribution in [3.63, 3.8) is 0 Å². The molecule has 2 aromatic carbocycles. The molecule has 0 bridgehead atoms. The Balaban J connectivity index is 2.25. The van der Waals surface area contributed by atoms with E-state index < -0.39 is 18.0 Å². The number of benzene rings is 2. The Hall–Kier alpha value is -2.36. The molecule has 18 heavy (non-hydrogen) atoms. The number of hydrogen-bond acceptors (Lipinski definition) is 3. The summed E-state index contributed by atoms with van der Waals surface area (Å²) in [5.74, 6) is -1.21. The van der Waals surface area contributed by atoms with Gasteiger partial charge in [-0.25, -0.2) is 4.79 Å². The van der Waals surface area contributed by atoms with Gasteiger partial charge in [0.15, 0.2) is 6.10 Å². The van der Waals surface area contributed by atoms with E-state index in [0.29, 0.717) is 5.56 Å². The molecule has 0 saturated heterocycles. The third-order valence-electron chi connectivity index (χ3n) is 2.67. The van der Waals surface area contributed by atoms with E-state index in [1.54, 1.807) is 12.1 Å². The lowest BCUT2D eigenvalue weighted by molar-refractivity contribution is -0.125. The molecule has 0 radical (unpaired) electrons. The van der Waals surface area contributed by atoms with Gasteiger partial charge >= 0.3 is 5.97 Å². The second kappa shape index (κ2) is 4.87. The molecule has 2 rings (SSSR count). The van der Waals surface area contributed by atoms with E-state index >= 15 is 0 Å². The molecule has 0 unspecified atom stereocenters. The lowest BCUT2D eigenvalue weighted by atomic mass is 10.1. The highest BCUT2D eigenvalue weighted by Gasteiger charge is 2.16. The van der Waals surface area contributed by atoms with Gasteiger partial charge in [-0.15, -0.1) is 0 Å². The summed E-state index contributed by atoms with van der Waals surface area (Å²) in [6.45, 7) is 1.45. The Morgan fingerprint density at radius 3 is 2.44 bits per heavy atom. The molecular formula is C14H13NO3. The average molecular weight is 243 g/mol. The first-order valence-electron chi connectivity index (χ1n) is 5.57. The fourth-order valence-electron chi connectivity index (χ4n) is 1.60. The van der Waals surface area contributed by atoms with Crippen LogP contribution in [0.4, 0.5) is 0 Å². The first kappa shape index (κ1) is 12.1. The summed E-state index contributed by atoms with van der Waals surface area (Å²) in [6, 6.07) is 12.9. The Bertz CT molecular complexity index is 607. The predicted molar refractivity (Wildman–Crippen MR) is 68.0 cm³/mol. The SMILES string of the molecule is C[C@H](OC(=O)c1ccc2ccccc2c1)C(N)=O. The number of carbonyl (C=O) groups excluding carboxylic acids is 2. The second-order valence-electron chi connectivity index (χ2n) is 4.01. The minimum atomic E-state index is -0.927. The molecule has 4 heteroatoms. The molecule has 0 heterocycles. The molecular weight excluding hydrogens is 230 g/mol. The van der Waals surface area contributed by atoms with Crippen LogP contribution < -0.4 is 5.73 Å². The zero-order valence-corrected chi connectivity index (χ0v) is 9.92. The van der Waals surface area contributed by atoms with E-state index in [1.165, 1.54) is 6.92 Å². The van der Waals surface area contributed by atoms with Crippen LogP contribution in [-0.2, 0) is 9.53 Å². The number of ether oxygens (including phenoxy) is 1. The Labute approximate surface area is 104 Å². The highest BCUT2D eigenvalue weighted by atomic mass is 16.5. The molecule has 1 amide bonds. The molecule has 4 nitrogen and oxygen atoms in total. The lowest BCUT2D eigenvalue weighted by Gasteiger charge is -2.09. The van der Waals surface area contributed by atoms with E-state index in [0.717, 1.165) is 10.8 Å². The zero-order valence-electron chi connectivity index (χ0n) is 9.92. The van der Waals surface area contributed by atoms with Crippen molar-refractivity contribution < 1.29 is 14.3 Å². The van der Waals surface area contributed by atoms with Crippen LogP contribution in [0.5, 0.6) is 0 Å². The minimum Gasteiger partial charge on any atom is -0.449 e. The Kier molecular flexibility index (Phi) is 3.28. The van der Waals surface area contributed by atoms with Gasteiger partial charge in [-0.2, -0.15) is 0 Å². The first-order valence-corrected chi connectivity index (χ1v) is 5.57. The maximum atomic E-state index is 11.8. The van der Waals surface area contributed by atoms with Crippen LogP contribution in [0.1, 0.15) is 17.3 Å². The number of hydrogen-bond donors (Lipinski definition) is 1. The van der Waals surface area contributed by atoms with Crippen molar-refractivity contribution in [1.82, 2.24) is 0 Å². The van der Waals surface area contributed by atoms with Gasteiger partial charge in [-0.1, -0.05) is 30.3 Å². The van der Waals surface area contributed by atoms with Crippen molar-refractivity contribution in [3.8, 4) is 0 Å². The number of rotatable bonds is 3. The molecule has 0 aliphatic heterocycles. The number of amides is 1. The number of nitrogens with two attached hydrogens (primary N) is 1. The standard InChI is InChI=1S/C14H13NO3/c1-9(13(15)16)18-14(17)12-7-6-10-4-2-3-5-11(10)8-12/h2-9H,1H3,(H2,15,16)/t9-/m0/s1. The van der Waals surface area contributed by atoms with Crippen LogP contribution in [0.2, 0.25) is 0 Å². The largest absolute Gasteiger partial charge is 0.449 e. The predicted octanol–water partition coefficient (Wildman–Crippen LogP) is 1.87. The van der Waals surface area contributed by atoms with Gasteiger partial charge in [0, 0.05) is 0 Å². The van der Waals surface area contributed by atoms with Gasteiger partial charge < -0.3 is 10.5 Å². The van der Waals surface area contributed by atoms with Gasteiger partial charge in [0.05, 0.1) is 5.56 Å². The van der Waals surface area contributed by atoms with Crippen molar-refractivity contribution in [2.45, 2.75) is 13.0 Å². The van der Waals surface area contributed by atoms with Crippen LogP contribution >= 0.6 is 0 Å². The molecule has 2 aromatic rings. The van der Waals surface area contributed by atoms with Crippen LogP contribution in [-0.4, -0.2) is 18.0 Å². The summed E-state index contributed by atoms with van der Waals surface area (Å²) in [6.07, 6.45) is -0.927. The van der Waals surface area contributed by atoms with Gasteiger partial charge in [-0.05, 0) is 29.8 Å². The molecule has 0 fully saturated rings. The molecule has 92 valence electrons. The number of primary amides is 1. The maximum absolute atomic E-state index is 11.8. The van der Waals surface area contributed by atoms with E-state index in [2.05, 4.69) is 0 Å². The molecule has 2 N–H and O–H groups in total. The molecule has 0 spiro atoms. The van der Waals surface area contributed by atoms with Gasteiger partial charge in [0.2, 0.25) is 0 Å². The molecule has 0 aromatic heterocycles. The zero-order chi connectivity index (χ0) is 13.1. The third-order valence-corrected chi connectivity index (χ3v) is 2.67. The minimum absolute atomic E-state index is 0.404. The van der Waals surface area contributed by atoms with Crippen LogP contribution in [0.3, 0.4) is 0 Å². The van der Waals surface area contributed by atoms with Crippen molar-refractivity contribution in [1.29, 1.82) is 0 Å². The fraction of sp³-hybridized carbons (Fsp3) is 0.143. The van der Waals surface area contributed by atoms with Gasteiger partial charge in [-0.3, -0.25) is 4.79 Å². The highest BCUT2D eigenvalue weighted by molar-refractivity contribution is 5.96. The fourth-order valence-corrected chi connectivity index (χ4v) is 1.60. The number of carbonyl (C=O) groups is 2. The average Bonchev–Trinajstić information content (AvgIpc) is 2.37. The quantitative estimate of drug-likeness (QED) is 0.836. The molecule has 0 saturated carbocycles. The highest BCUT2D eigenvalue weighted by Crippen LogP contribution is 2.16. The Morgan fingerprint density at radius 1 is 1.11 bits per heavy atom. The van der Waals surface area contributed by atoms with Gasteiger partial charge in [0.25, 0.3) is 5.91 Å². The van der Waals surface area contributed by atoms with Gasteiger partial charge in [0.1, 0.15) is 0 Å². The second-order valence-corrected chi connectivity index (χ2v) is 4.01. The monoisotopic (exact) mass is 243 g/mol. The topological polar surface area (TPSA) is 69.4 Å². The van der Waals surface area contributed by atoms with Crippen molar-refractivity contribution >= 4 is 22.6 Å². The summed E-state index contributed by atoms with van der Waals surface area (Å²) in [7, 11) is 0. The third kappa shape index (κ3) is 2.48. The van der Waals surface area contributed by atoms with Crippen molar-refractivity contribution in [3.05, 3.63) is 48.0 Å². The summed E-state index contributed by atoms with van der Waals surface area (Å²) in [4.78, 5) is 22.6. The number of esters is 1. The maximum Gasteiger partial charge on any atom is 0.338 e. The van der Waals surface area contributed by atoms with E-state index in [-0.39, 0.29) is 0 Å². The van der Waals surface area contributed by atoms with Crippen molar-refractivity contribution in [2.24, 2.45) is 5.73 Å². The van der Waals surface area contributed by atoms with Crippen molar-refractivity contribution in [2.75, 3.05) is 0 Å². The summed E-state index contributed by atoms with van der Waals surface area (Å²) in [5, 5.41) is 1.98. The molecule has 0 aliphatic rings. The normalized spacial score (nSPS) is 12.1. The lowest BCUT2D eigenvalue weighted by Crippen LogP contribution is -2.30. The van der Waals surface area contributed by atoms with E-state index in [1.807, 2.05) is 30.3 Å². The summed E-state index contributed by atoms with van der Waals surface area (Å²) < 4.78 is 4.93. The number of fused-ring (bicyclic) bond motifs is 1. The first-order chi connectivity index (χ1) is 8.58. The summed E-state index contributed by atoms with van der Waals surface area (Å²) in [5.41, 5.74) is 5.44.